The van der Waals surface area contributed by atoms with E-state index in [1.165, 1.54) is 53.5 Å². The van der Waals surface area contributed by atoms with E-state index in [1.54, 1.807) is 6.07 Å². The summed E-state index contributed by atoms with van der Waals surface area (Å²) in [6.07, 6.45) is 9.29. The highest BCUT2D eigenvalue weighted by atomic mass is 19.1. The van der Waals surface area contributed by atoms with Gasteiger partial charge in [-0.2, -0.15) is 0 Å². The van der Waals surface area contributed by atoms with Crippen molar-refractivity contribution >= 4 is 11.6 Å². The summed E-state index contributed by atoms with van der Waals surface area (Å²) in [5.74, 6) is -0.513. The van der Waals surface area contributed by atoms with Crippen molar-refractivity contribution in [2.75, 3.05) is 7.11 Å². The third kappa shape index (κ3) is 4.45. The molecule has 1 fully saturated rings. The summed E-state index contributed by atoms with van der Waals surface area (Å²) in [6.45, 7) is 0.567. The average Bonchev–Trinajstić information content (AvgIpc) is 3.28. The maximum atomic E-state index is 15.0. The number of carbonyl (C=O) groups is 1. The number of ether oxygens (including phenoxy) is 1. The third-order valence-corrected chi connectivity index (χ3v) is 6.49. The molecule has 13 nitrogen and oxygen atoms in total. The molecule has 0 bridgehead atoms. The highest BCUT2D eigenvalue weighted by Crippen LogP contribution is 2.40. The Hall–Kier alpha value is -4.72. The summed E-state index contributed by atoms with van der Waals surface area (Å²) in [6, 6.07) is 5.21. The number of hydrogen-bond acceptors (Lipinski definition) is 9. The first-order chi connectivity index (χ1) is 18.5. The van der Waals surface area contributed by atoms with Gasteiger partial charge in [0, 0.05) is 36.6 Å². The minimum atomic E-state index is -0.627. The Kier molecular flexibility index (Phi) is 5.99. The standard InChI is InChI=1S/C24H24FN11O2/c1-38-21-5-4-20(36-13-28-31-33-36)18(22(21)25)8-27-24(37)19-12-35(32-30-19)11-17-10-34-9-16(14-2-3-14)6-15(7-26)23(34)29-17/h4-6,9-10,12-14H,2-3,7-8,11,26H2,1H3,(H,27,37). The molecular formula is C24H24FN11O2. The summed E-state index contributed by atoms with van der Waals surface area (Å²) in [5.41, 5.74) is 10.4. The van der Waals surface area contributed by atoms with Crippen molar-refractivity contribution < 1.29 is 13.9 Å². The van der Waals surface area contributed by atoms with Gasteiger partial charge in [-0.25, -0.2) is 18.7 Å². The second-order valence-electron chi connectivity index (χ2n) is 9.06. The number of halogens is 1. The molecule has 0 spiro atoms. The largest absolute Gasteiger partial charge is 0.494 e. The Balaban J connectivity index is 1.18. The SMILES string of the molecule is COc1ccc(-n2cnnn2)c(CNC(=O)c2cn(Cc3cn4cc(C5CC5)cc(CN)c4n3)nn2)c1F. The highest BCUT2D eigenvalue weighted by Gasteiger charge is 2.25. The summed E-state index contributed by atoms with van der Waals surface area (Å²) >= 11 is 0. The molecule has 1 aromatic carbocycles. The number of imidazole rings is 1. The molecule has 3 N–H and O–H groups in total. The molecule has 5 aromatic rings. The van der Waals surface area contributed by atoms with Crippen LogP contribution in [0.1, 0.15) is 51.6 Å². The predicted octanol–water partition coefficient (Wildman–Crippen LogP) is 1.36. The molecule has 4 aromatic heterocycles. The summed E-state index contributed by atoms with van der Waals surface area (Å²) in [4.78, 5) is 17.5. The lowest BCUT2D eigenvalue weighted by atomic mass is 10.1. The lowest BCUT2D eigenvalue weighted by Crippen LogP contribution is -2.25. The van der Waals surface area contributed by atoms with Gasteiger partial charge in [-0.05, 0) is 52.9 Å². The molecule has 0 radical (unpaired) electrons. The van der Waals surface area contributed by atoms with Gasteiger partial charge in [-0.3, -0.25) is 4.79 Å². The van der Waals surface area contributed by atoms with E-state index >= 15 is 4.39 Å². The van der Waals surface area contributed by atoms with Crippen molar-refractivity contribution in [3.63, 3.8) is 0 Å². The van der Waals surface area contributed by atoms with Crippen LogP contribution < -0.4 is 15.8 Å². The Labute approximate surface area is 215 Å². The topological polar surface area (TPSA) is 156 Å². The van der Waals surface area contributed by atoms with E-state index in [9.17, 15) is 4.79 Å². The second kappa shape index (κ2) is 9.63. The van der Waals surface area contributed by atoms with E-state index in [2.05, 4.69) is 43.4 Å². The Morgan fingerprint density at radius 3 is 2.84 bits per heavy atom. The molecule has 0 atom stereocenters. The number of hydrogen-bond donors (Lipinski definition) is 2. The predicted molar refractivity (Wildman–Crippen MR) is 131 cm³/mol. The highest BCUT2D eigenvalue weighted by molar-refractivity contribution is 5.91. The number of nitrogens with one attached hydrogen (secondary N) is 1. The lowest BCUT2D eigenvalue weighted by molar-refractivity contribution is 0.0945. The van der Waals surface area contributed by atoms with Crippen molar-refractivity contribution in [3.8, 4) is 11.4 Å². The van der Waals surface area contributed by atoms with E-state index in [-0.39, 0.29) is 23.6 Å². The molecule has 1 aliphatic rings. The summed E-state index contributed by atoms with van der Waals surface area (Å²) in [7, 11) is 1.36. The number of amides is 1. The Morgan fingerprint density at radius 1 is 1.24 bits per heavy atom. The van der Waals surface area contributed by atoms with Crippen LogP contribution in [0.5, 0.6) is 5.75 Å². The maximum absolute atomic E-state index is 15.0. The van der Waals surface area contributed by atoms with E-state index in [0.29, 0.717) is 24.7 Å². The number of fused-ring (bicyclic) bond motifs is 1. The molecule has 1 saturated carbocycles. The first-order valence-electron chi connectivity index (χ1n) is 12.0. The fraction of sp³-hybridized carbons (Fsp3) is 0.292. The second-order valence-corrected chi connectivity index (χ2v) is 9.06. The van der Waals surface area contributed by atoms with E-state index in [1.807, 2.05) is 10.6 Å². The van der Waals surface area contributed by atoms with Gasteiger partial charge >= 0.3 is 0 Å². The number of nitrogens with zero attached hydrogens (tertiary/aromatic N) is 9. The van der Waals surface area contributed by atoms with Crippen LogP contribution in [0.3, 0.4) is 0 Å². The Morgan fingerprint density at radius 2 is 2.11 bits per heavy atom. The smallest absolute Gasteiger partial charge is 0.273 e. The zero-order valence-corrected chi connectivity index (χ0v) is 20.5. The van der Waals surface area contributed by atoms with Crippen molar-refractivity contribution in [2.45, 2.75) is 38.4 Å². The minimum Gasteiger partial charge on any atom is -0.494 e. The third-order valence-electron chi connectivity index (χ3n) is 6.49. The van der Waals surface area contributed by atoms with Gasteiger partial charge in [-0.1, -0.05) is 5.21 Å². The van der Waals surface area contributed by atoms with Crippen LogP contribution in [0.2, 0.25) is 0 Å². The van der Waals surface area contributed by atoms with Gasteiger partial charge in [0.25, 0.3) is 5.91 Å². The van der Waals surface area contributed by atoms with E-state index < -0.39 is 11.7 Å². The zero-order valence-electron chi connectivity index (χ0n) is 20.5. The fourth-order valence-corrected chi connectivity index (χ4v) is 4.42. The van der Waals surface area contributed by atoms with Gasteiger partial charge in [0.15, 0.2) is 17.3 Å². The molecule has 0 aliphatic heterocycles. The van der Waals surface area contributed by atoms with Crippen LogP contribution in [0.4, 0.5) is 4.39 Å². The molecule has 194 valence electrons. The van der Waals surface area contributed by atoms with Crippen molar-refractivity contribution in [1.29, 1.82) is 0 Å². The number of carbonyl (C=O) groups excluding carboxylic acids is 1. The van der Waals surface area contributed by atoms with Crippen molar-refractivity contribution in [3.05, 3.63) is 77.0 Å². The van der Waals surface area contributed by atoms with Gasteiger partial charge in [0.2, 0.25) is 0 Å². The number of aromatic nitrogens is 9. The monoisotopic (exact) mass is 517 g/mol. The van der Waals surface area contributed by atoms with Crippen LogP contribution >= 0.6 is 0 Å². The molecule has 0 unspecified atom stereocenters. The van der Waals surface area contributed by atoms with E-state index in [0.717, 1.165) is 16.9 Å². The molecule has 14 heteroatoms. The van der Waals surface area contributed by atoms with Gasteiger partial charge in [0.05, 0.1) is 31.2 Å². The molecule has 1 aliphatic carbocycles. The number of methoxy groups -OCH3 is 1. The van der Waals surface area contributed by atoms with Crippen molar-refractivity contribution in [1.82, 2.24) is 49.9 Å². The fourth-order valence-electron chi connectivity index (χ4n) is 4.42. The quantitative estimate of drug-likeness (QED) is 0.295. The van der Waals surface area contributed by atoms with Crippen LogP contribution in [0, 0.1) is 5.82 Å². The first-order valence-corrected chi connectivity index (χ1v) is 12.0. The first kappa shape index (κ1) is 23.7. The van der Waals surface area contributed by atoms with Crippen molar-refractivity contribution in [2.24, 2.45) is 5.73 Å². The minimum absolute atomic E-state index is 0.0338. The lowest BCUT2D eigenvalue weighted by Gasteiger charge is -2.13. The molecule has 0 saturated heterocycles. The zero-order chi connectivity index (χ0) is 26.2. The molecule has 38 heavy (non-hydrogen) atoms. The molecule has 6 rings (SSSR count). The number of pyridine rings is 1. The normalized spacial score (nSPS) is 13.2. The van der Waals surface area contributed by atoms with Crippen LogP contribution in [0.15, 0.2) is 43.1 Å². The average molecular weight is 518 g/mol. The van der Waals surface area contributed by atoms with Crippen LogP contribution in [0.25, 0.3) is 11.3 Å². The van der Waals surface area contributed by atoms with Gasteiger partial charge < -0.3 is 20.2 Å². The van der Waals surface area contributed by atoms with Crippen LogP contribution in [-0.2, 0) is 19.6 Å². The summed E-state index contributed by atoms with van der Waals surface area (Å²) in [5, 5.41) is 21.7. The van der Waals surface area contributed by atoms with Gasteiger partial charge in [-0.15, -0.1) is 10.2 Å². The number of rotatable bonds is 9. The van der Waals surface area contributed by atoms with Gasteiger partial charge in [0.1, 0.15) is 12.0 Å². The summed E-state index contributed by atoms with van der Waals surface area (Å²) < 4.78 is 24.9. The number of tetrazole rings is 1. The maximum Gasteiger partial charge on any atom is 0.273 e. The number of nitrogens with two attached hydrogens (primary N) is 1. The molecule has 1 amide bonds. The Bertz CT molecular complexity index is 1620. The molecular weight excluding hydrogens is 493 g/mol. The number of benzene rings is 1. The van der Waals surface area contributed by atoms with E-state index in [4.69, 9.17) is 15.5 Å². The van der Waals surface area contributed by atoms with Crippen LogP contribution in [-0.4, -0.2) is 57.6 Å². The molecule has 4 heterocycles.